The van der Waals surface area contributed by atoms with Crippen LogP contribution < -0.4 is 0 Å². The molecule has 4 aliphatic rings. The van der Waals surface area contributed by atoms with Crippen LogP contribution in [0.1, 0.15) is 103 Å². The molecule has 3 aliphatic carbocycles. The summed E-state index contributed by atoms with van der Waals surface area (Å²) in [6, 6.07) is 16.0. The summed E-state index contributed by atoms with van der Waals surface area (Å²) in [6.07, 6.45) is -11.7. The first kappa shape index (κ1) is 49.0. The summed E-state index contributed by atoms with van der Waals surface area (Å²) in [4.78, 5) is 94.9. The topological polar surface area (TPSA) is 245 Å². The van der Waals surface area contributed by atoms with E-state index in [2.05, 4.69) is 4.74 Å². The minimum Gasteiger partial charge on any atom is -0.467 e. The molecule has 0 amide bonds. The zero-order valence-corrected chi connectivity index (χ0v) is 37.8. The molecule has 1 heterocycles. The maximum absolute atomic E-state index is 15.1. The van der Waals surface area contributed by atoms with Crippen molar-refractivity contribution >= 4 is 42.1 Å². The molecule has 2 bridgehead atoms. The van der Waals surface area contributed by atoms with Gasteiger partial charge in [0.25, 0.3) is 6.47 Å². The summed E-state index contributed by atoms with van der Waals surface area (Å²) >= 11 is 0. The van der Waals surface area contributed by atoms with E-state index in [1.54, 1.807) is 69.3 Å². The van der Waals surface area contributed by atoms with E-state index in [9.17, 15) is 44.1 Å². The van der Waals surface area contributed by atoms with Gasteiger partial charge in [-0.05, 0) is 63.5 Å². The summed E-state index contributed by atoms with van der Waals surface area (Å²) < 4.78 is 40.5. The van der Waals surface area contributed by atoms with Crippen LogP contribution in [0.4, 0.5) is 0 Å². The quantitative estimate of drug-likeness (QED) is 0.0806. The van der Waals surface area contributed by atoms with Crippen molar-refractivity contribution in [2.24, 2.45) is 16.7 Å². The van der Waals surface area contributed by atoms with Crippen LogP contribution in [0.25, 0.3) is 0 Å². The molecule has 352 valence electrons. The highest BCUT2D eigenvalue weighted by Gasteiger charge is 2.78. The zero-order chi connectivity index (χ0) is 47.9. The Bertz CT molecular complexity index is 2200. The van der Waals surface area contributed by atoms with E-state index in [-0.39, 0.29) is 36.2 Å². The molecule has 0 radical (unpaired) electrons. The Balaban J connectivity index is 1.52. The minimum atomic E-state index is -2.43. The predicted octanol–water partition coefficient (Wildman–Crippen LogP) is 3.62. The Morgan fingerprint density at radius 1 is 0.938 bits per heavy atom. The van der Waals surface area contributed by atoms with Gasteiger partial charge < -0.3 is 48.5 Å². The number of rotatable bonds is 14. The van der Waals surface area contributed by atoms with Gasteiger partial charge in [0.2, 0.25) is 6.10 Å². The maximum atomic E-state index is 15.1. The van der Waals surface area contributed by atoms with Crippen molar-refractivity contribution in [3.63, 3.8) is 0 Å². The molecule has 2 saturated carbocycles. The Labute approximate surface area is 376 Å². The Morgan fingerprint density at radius 3 is 2.14 bits per heavy atom. The molecule has 17 heteroatoms. The molecule has 11 atom stereocenters. The zero-order valence-electron chi connectivity index (χ0n) is 37.8. The van der Waals surface area contributed by atoms with E-state index >= 15 is 4.79 Å². The normalized spacial score (nSPS) is 31.2. The molecule has 3 N–H and O–H groups in total. The number of ether oxygens (including phenoxy) is 7. The lowest BCUT2D eigenvalue weighted by Gasteiger charge is -2.67. The summed E-state index contributed by atoms with van der Waals surface area (Å²) in [5.41, 5.74) is -8.48. The number of carbonyl (C=O) groups is 7. The number of Topliss-reactive ketones (excluding diaryl/α,β-unsaturated/α-hetero) is 1. The standard InChI is InChI=1S/C48H58O17/c1-26-31(61-43(57)38(62-34(52)19-20-59-25-49)30(28-15-11-9-12-16-28)21-35(53)65-44(3,4)5)23-48(58)41(63-42(56)29-17-13-10-14-18-29)39-46(8,40(55)37(54)36(26)45(48,6)7)32(51)22-33-47(39,24-60-33)64-27(2)50/h9-18,25,30-33,37-39,41,51,54,58H,19-24H2,1-8H3/t30-,31-,32-,33?,37+,38+,39-,41-,46+,47?,48+/m1/s1. The van der Waals surface area contributed by atoms with Crippen LogP contribution in [-0.2, 0) is 61.9 Å². The van der Waals surface area contributed by atoms with Crippen molar-refractivity contribution in [1.29, 1.82) is 0 Å². The monoisotopic (exact) mass is 906 g/mol. The van der Waals surface area contributed by atoms with Crippen LogP contribution in [0.2, 0.25) is 0 Å². The number of hydrogen-bond donors (Lipinski definition) is 3. The summed E-state index contributed by atoms with van der Waals surface area (Å²) in [5, 5.41) is 37.9. The molecular weight excluding hydrogens is 849 g/mol. The highest BCUT2D eigenvalue weighted by atomic mass is 16.6. The van der Waals surface area contributed by atoms with Crippen LogP contribution in [-0.4, -0.2) is 124 Å². The molecule has 2 aromatic carbocycles. The third-order valence-electron chi connectivity index (χ3n) is 13.6. The lowest BCUT2D eigenvalue weighted by atomic mass is 9.44. The Kier molecular flexibility index (Phi) is 13.9. The molecule has 65 heavy (non-hydrogen) atoms. The molecule has 0 aromatic heterocycles. The highest BCUT2D eigenvalue weighted by molar-refractivity contribution is 5.94. The van der Waals surface area contributed by atoms with Crippen molar-refractivity contribution < 1.29 is 82.0 Å². The largest absolute Gasteiger partial charge is 0.467 e. The molecule has 2 unspecified atom stereocenters. The molecular formula is C48H58O17. The highest BCUT2D eigenvalue weighted by Crippen LogP contribution is 2.64. The van der Waals surface area contributed by atoms with E-state index in [0.717, 1.165) is 6.92 Å². The predicted molar refractivity (Wildman–Crippen MR) is 225 cm³/mol. The number of carbonyl (C=O) groups excluding carboxylic acids is 7. The number of aliphatic hydroxyl groups excluding tert-OH is 2. The molecule has 3 fully saturated rings. The van der Waals surface area contributed by atoms with Crippen molar-refractivity contribution in [3.8, 4) is 0 Å². The summed E-state index contributed by atoms with van der Waals surface area (Å²) in [5.74, 6) is -8.46. The van der Waals surface area contributed by atoms with Gasteiger partial charge in [0.05, 0.1) is 42.4 Å². The van der Waals surface area contributed by atoms with Crippen molar-refractivity contribution in [1.82, 2.24) is 0 Å². The van der Waals surface area contributed by atoms with Crippen molar-refractivity contribution in [2.75, 3.05) is 13.2 Å². The lowest BCUT2D eigenvalue weighted by Crippen LogP contribution is -2.81. The minimum absolute atomic E-state index is 0.0502. The third-order valence-corrected chi connectivity index (χ3v) is 13.6. The molecule has 6 rings (SSSR count). The van der Waals surface area contributed by atoms with Gasteiger partial charge in [-0.3, -0.25) is 24.0 Å². The van der Waals surface area contributed by atoms with E-state index in [1.165, 1.54) is 39.8 Å². The molecule has 1 aliphatic heterocycles. The summed E-state index contributed by atoms with van der Waals surface area (Å²) in [6.45, 7) is 11.4. The van der Waals surface area contributed by atoms with E-state index in [4.69, 9.17) is 28.4 Å². The first-order valence-corrected chi connectivity index (χ1v) is 21.6. The smallest absolute Gasteiger partial charge is 0.348 e. The van der Waals surface area contributed by atoms with Crippen molar-refractivity contribution in [2.45, 2.75) is 140 Å². The molecule has 17 nitrogen and oxygen atoms in total. The second kappa shape index (κ2) is 18.4. The third kappa shape index (κ3) is 9.07. The van der Waals surface area contributed by atoms with Crippen LogP contribution in [0.15, 0.2) is 71.8 Å². The van der Waals surface area contributed by atoms with E-state index < -0.39 is 138 Å². The van der Waals surface area contributed by atoms with Crippen molar-refractivity contribution in [3.05, 3.63) is 82.9 Å². The van der Waals surface area contributed by atoms with Gasteiger partial charge >= 0.3 is 29.8 Å². The number of aliphatic hydroxyl groups is 3. The Morgan fingerprint density at radius 2 is 1.57 bits per heavy atom. The van der Waals surface area contributed by atoms with E-state index in [1.807, 2.05) is 0 Å². The molecule has 0 spiro atoms. The number of esters is 5. The number of fused-ring (bicyclic) bond motifs is 5. The van der Waals surface area contributed by atoms with Gasteiger partial charge in [0.15, 0.2) is 11.4 Å². The lowest BCUT2D eigenvalue weighted by molar-refractivity contribution is -0.346. The second-order valence-corrected chi connectivity index (χ2v) is 19.0. The molecule has 2 aromatic rings. The first-order chi connectivity index (χ1) is 30.4. The molecule has 1 saturated heterocycles. The average Bonchev–Trinajstić information content (AvgIpc) is 3.23. The Hall–Kier alpha value is -5.49. The van der Waals surface area contributed by atoms with Crippen LogP contribution in [0.5, 0.6) is 0 Å². The average molecular weight is 907 g/mol. The van der Waals surface area contributed by atoms with Gasteiger partial charge in [0.1, 0.15) is 42.2 Å². The van der Waals surface area contributed by atoms with Crippen LogP contribution in [0, 0.1) is 16.7 Å². The first-order valence-electron chi connectivity index (χ1n) is 21.6. The fourth-order valence-electron chi connectivity index (χ4n) is 10.3. The van der Waals surface area contributed by atoms with Crippen LogP contribution >= 0.6 is 0 Å². The fraction of sp³-hybridized carbons (Fsp3) is 0.562. The number of ketones is 1. The van der Waals surface area contributed by atoms with E-state index in [0.29, 0.717) is 5.56 Å². The SMILES string of the molecule is CC(=O)OC12COC1C[C@@H](O)[C@]1(C)C(=O)[C@@H](O)C3=C(C)[C@H](OC(=O)[C@@H](OC(=O)CCOC=O)[C@H](CC(=O)OC(C)(C)C)c4ccccc4)C[C@](O)([C@H](OC(=O)c4ccccc4)[C@@H]21)C3(C)C. The van der Waals surface area contributed by atoms with Gasteiger partial charge in [-0.2, -0.15) is 0 Å². The summed E-state index contributed by atoms with van der Waals surface area (Å²) in [7, 11) is 0. The second-order valence-electron chi connectivity index (χ2n) is 19.0. The fourth-order valence-corrected chi connectivity index (χ4v) is 10.3. The number of hydrogen-bond acceptors (Lipinski definition) is 17. The van der Waals surface area contributed by atoms with Gasteiger partial charge in [0, 0.05) is 31.1 Å². The van der Waals surface area contributed by atoms with Gasteiger partial charge in [-0.25, -0.2) is 9.59 Å². The number of benzene rings is 2. The van der Waals surface area contributed by atoms with Gasteiger partial charge in [-0.1, -0.05) is 62.4 Å². The maximum Gasteiger partial charge on any atom is 0.348 e. The van der Waals surface area contributed by atoms with Gasteiger partial charge in [-0.15, -0.1) is 0 Å². The van der Waals surface area contributed by atoms with Crippen LogP contribution in [0.3, 0.4) is 0 Å².